The minimum absolute atomic E-state index is 0.214. The number of benzene rings is 2. The molecule has 0 amide bonds. The fourth-order valence-electron chi connectivity index (χ4n) is 1.80. The van der Waals surface area contributed by atoms with Crippen LogP contribution in [0.15, 0.2) is 42.5 Å². The summed E-state index contributed by atoms with van der Waals surface area (Å²) in [6, 6.07) is 12.8. The second-order valence-electron chi connectivity index (χ2n) is 4.45. The number of aryl methyl sites for hydroxylation is 1. The monoisotopic (exact) mass is 291 g/mol. The average Bonchev–Trinajstić information content (AvgIpc) is 2.44. The summed E-state index contributed by atoms with van der Waals surface area (Å²) in [6.07, 6.45) is 0. The normalized spacial score (nSPS) is 10.6. The summed E-state index contributed by atoms with van der Waals surface area (Å²) >= 11 is 1.46. The van der Waals surface area contributed by atoms with Gasteiger partial charge in [0.2, 0.25) is 0 Å². The number of anilines is 2. The summed E-state index contributed by atoms with van der Waals surface area (Å²) in [4.78, 5) is 0. The van der Waals surface area contributed by atoms with Gasteiger partial charge in [0, 0.05) is 17.1 Å². The Labute approximate surface area is 123 Å². The molecule has 2 aromatic rings. The van der Waals surface area contributed by atoms with Crippen molar-refractivity contribution in [2.45, 2.75) is 20.5 Å². The molecule has 20 heavy (non-hydrogen) atoms. The zero-order chi connectivity index (χ0) is 14.4. The highest BCUT2D eigenvalue weighted by atomic mass is 32.2. The van der Waals surface area contributed by atoms with E-state index in [1.54, 1.807) is 6.07 Å². The molecule has 0 radical (unpaired) electrons. The number of hydrogen-bond donors (Lipinski definition) is 1. The molecule has 0 saturated carbocycles. The third-order valence-corrected chi connectivity index (χ3v) is 3.37. The summed E-state index contributed by atoms with van der Waals surface area (Å²) in [5.74, 6) is 0.734. The van der Waals surface area contributed by atoms with E-state index in [-0.39, 0.29) is 5.82 Å². The van der Waals surface area contributed by atoms with E-state index in [1.165, 1.54) is 24.2 Å². The molecule has 2 aromatic carbocycles. The van der Waals surface area contributed by atoms with E-state index < -0.39 is 0 Å². The zero-order valence-electron chi connectivity index (χ0n) is 11.7. The Kier molecular flexibility index (Phi) is 5.44. The van der Waals surface area contributed by atoms with Gasteiger partial charge in [0.1, 0.15) is 5.82 Å². The topological polar surface area (TPSA) is 21.3 Å². The second kappa shape index (κ2) is 7.31. The molecule has 0 heterocycles. The molecule has 106 valence electrons. The van der Waals surface area contributed by atoms with Gasteiger partial charge in [-0.25, -0.2) is 4.39 Å². The SMILES string of the molecule is CCSOCc1ccc(Nc2ccc(F)cc2C)cc1. The molecule has 0 aromatic heterocycles. The van der Waals surface area contributed by atoms with Crippen molar-refractivity contribution in [3.63, 3.8) is 0 Å². The lowest BCUT2D eigenvalue weighted by Crippen LogP contribution is -1.94. The molecule has 0 atom stereocenters. The predicted octanol–water partition coefficient (Wildman–Crippen LogP) is 5.06. The van der Waals surface area contributed by atoms with Crippen molar-refractivity contribution >= 4 is 23.4 Å². The van der Waals surface area contributed by atoms with Gasteiger partial charge in [-0.1, -0.05) is 19.1 Å². The third-order valence-electron chi connectivity index (χ3n) is 2.85. The van der Waals surface area contributed by atoms with Crippen LogP contribution in [-0.2, 0) is 10.8 Å². The first-order valence-corrected chi connectivity index (χ1v) is 7.46. The van der Waals surface area contributed by atoms with E-state index in [1.807, 2.05) is 31.2 Å². The smallest absolute Gasteiger partial charge is 0.123 e. The molecule has 2 rings (SSSR count). The van der Waals surface area contributed by atoms with Crippen LogP contribution in [0.1, 0.15) is 18.1 Å². The molecule has 0 aliphatic heterocycles. The van der Waals surface area contributed by atoms with Gasteiger partial charge in [0.25, 0.3) is 0 Å². The van der Waals surface area contributed by atoms with Crippen LogP contribution >= 0.6 is 12.0 Å². The highest BCUT2D eigenvalue weighted by molar-refractivity contribution is 7.94. The molecular formula is C16H18FNOS. The van der Waals surface area contributed by atoms with Crippen LogP contribution < -0.4 is 5.32 Å². The quantitative estimate of drug-likeness (QED) is 0.593. The summed E-state index contributed by atoms with van der Waals surface area (Å²) in [6.45, 7) is 4.55. The van der Waals surface area contributed by atoms with Gasteiger partial charge in [-0.05, 0) is 60.4 Å². The maximum atomic E-state index is 13.0. The van der Waals surface area contributed by atoms with E-state index >= 15 is 0 Å². The number of hydrogen-bond acceptors (Lipinski definition) is 3. The Hall–Kier alpha value is -1.52. The van der Waals surface area contributed by atoms with Gasteiger partial charge in [-0.2, -0.15) is 0 Å². The van der Waals surface area contributed by atoms with Crippen LogP contribution in [-0.4, -0.2) is 5.75 Å². The lowest BCUT2D eigenvalue weighted by atomic mass is 10.1. The largest absolute Gasteiger partial charge is 0.355 e. The van der Waals surface area contributed by atoms with Crippen molar-refractivity contribution in [3.05, 3.63) is 59.4 Å². The molecule has 0 spiro atoms. The Morgan fingerprint density at radius 3 is 2.55 bits per heavy atom. The standard InChI is InChI=1S/C16H18FNOS/c1-3-20-19-11-13-4-7-15(8-5-13)18-16-9-6-14(17)10-12(16)2/h4-10,18H,3,11H2,1-2H3. The Bertz CT molecular complexity index is 557. The highest BCUT2D eigenvalue weighted by Gasteiger charge is 2.01. The summed E-state index contributed by atoms with van der Waals surface area (Å²) in [5, 5.41) is 3.28. The highest BCUT2D eigenvalue weighted by Crippen LogP contribution is 2.22. The molecule has 4 heteroatoms. The number of halogens is 1. The van der Waals surface area contributed by atoms with E-state index in [4.69, 9.17) is 4.18 Å². The Balaban J connectivity index is 1.99. The van der Waals surface area contributed by atoms with Crippen LogP contribution in [0.2, 0.25) is 0 Å². The molecule has 0 saturated heterocycles. The summed E-state index contributed by atoms with van der Waals surface area (Å²) in [5.41, 5.74) is 3.91. The van der Waals surface area contributed by atoms with E-state index in [9.17, 15) is 4.39 Å². The van der Waals surface area contributed by atoms with Crippen LogP contribution in [0, 0.1) is 12.7 Å². The molecule has 0 aliphatic carbocycles. The first-order chi connectivity index (χ1) is 9.69. The van der Waals surface area contributed by atoms with Crippen molar-refractivity contribution in [2.75, 3.05) is 11.1 Å². The molecule has 0 unspecified atom stereocenters. The molecule has 0 fully saturated rings. The molecular weight excluding hydrogens is 273 g/mol. The van der Waals surface area contributed by atoms with Gasteiger partial charge >= 0.3 is 0 Å². The third kappa shape index (κ3) is 4.25. The number of rotatable bonds is 6. The predicted molar refractivity (Wildman–Crippen MR) is 83.8 cm³/mol. The lowest BCUT2D eigenvalue weighted by molar-refractivity contribution is 0.364. The van der Waals surface area contributed by atoms with E-state index in [2.05, 4.69) is 12.2 Å². The van der Waals surface area contributed by atoms with Crippen molar-refractivity contribution in [1.82, 2.24) is 0 Å². The molecule has 1 N–H and O–H groups in total. The van der Waals surface area contributed by atoms with Crippen molar-refractivity contribution in [1.29, 1.82) is 0 Å². The van der Waals surface area contributed by atoms with Crippen molar-refractivity contribution in [2.24, 2.45) is 0 Å². The van der Waals surface area contributed by atoms with Crippen LogP contribution in [0.4, 0.5) is 15.8 Å². The van der Waals surface area contributed by atoms with Crippen LogP contribution in [0.3, 0.4) is 0 Å². The van der Waals surface area contributed by atoms with Gasteiger partial charge in [0.15, 0.2) is 0 Å². The van der Waals surface area contributed by atoms with Gasteiger partial charge in [-0.3, -0.25) is 0 Å². The maximum Gasteiger partial charge on any atom is 0.123 e. The van der Waals surface area contributed by atoms with Crippen LogP contribution in [0.5, 0.6) is 0 Å². The first-order valence-electron chi connectivity index (χ1n) is 6.55. The molecule has 0 bridgehead atoms. The second-order valence-corrected chi connectivity index (χ2v) is 5.50. The van der Waals surface area contributed by atoms with Crippen molar-refractivity contribution < 1.29 is 8.57 Å². The Morgan fingerprint density at radius 1 is 1.15 bits per heavy atom. The minimum Gasteiger partial charge on any atom is -0.355 e. The van der Waals surface area contributed by atoms with Gasteiger partial charge < -0.3 is 9.50 Å². The summed E-state index contributed by atoms with van der Waals surface area (Å²) < 4.78 is 18.5. The average molecular weight is 291 g/mol. The van der Waals surface area contributed by atoms with Gasteiger partial charge in [0.05, 0.1) is 6.61 Å². The maximum absolute atomic E-state index is 13.0. The fourth-order valence-corrected chi connectivity index (χ4v) is 2.19. The van der Waals surface area contributed by atoms with Crippen molar-refractivity contribution in [3.8, 4) is 0 Å². The Morgan fingerprint density at radius 2 is 1.90 bits per heavy atom. The first kappa shape index (κ1) is 14.9. The molecule has 2 nitrogen and oxygen atoms in total. The summed E-state index contributed by atoms with van der Waals surface area (Å²) in [7, 11) is 0. The minimum atomic E-state index is -0.214. The lowest BCUT2D eigenvalue weighted by Gasteiger charge is -2.10. The van der Waals surface area contributed by atoms with Gasteiger partial charge in [-0.15, -0.1) is 0 Å². The van der Waals surface area contributed by atoms with Crippen LogP contribution in [0.25, 0.3) is 0 Å². The number of nitrogens with one attached hydrogen (secondary N) is 1. The zero-order valence-corrected chi connectivity index (χ0v) is 12.5. The fraction of sp³-hybridized carbons (Fsp3) is 0.250. The van der Waals surface area contributed by atoms with E-state index in [0.29, 0.717) is 6.61 Å². The van der Waals surface area contributed by atoms with E-state index in [0.717, 1.165) is 28.3 Å². The molecule has 0 aliphatic rings.